The number of anilines is 1. The average molecular weight is 418 g/mol. The molecule has 0 aliphatic carbocycles. The molecule has 9 heteroatoms. The topological polar surface area (TPSA) is 93.0 Å². The Kier molecular flexibility index (Phi) is 6.33. The molecule has 0 N–H and O–H groups in total. The first-order valence-corrected chi connectivity index (χ1v) is 9.54. The molecular formula is C20H20ClN3O5. The maximum atomic E-state index is 12.7. The average Bonchev–Trinajstić information content (AvgIpc) is 2.73. The SMILES string of the molecule is CCOC(=O)c1ccc(N2CCN(C(=O)c3ccccc3Cl)CC2)c([N+](=O)[O-])c1. The summed E-state index contributed by atoms with van der Waals surface area (Å²) < 4.78 is 4.91. The fourth-order valence-electron chi connectivity index (χ4n) is 3.23. The van der Waals surface area contributed by atoms with Crippen molar-refractivity contribution in [1.29, 1.82) is 0 Å². The number of halogens is 1. The van der Waals surface area contributed by atoms with Crippen molar-refractivity contribution in [3.63, 3.8) is 0 Å². The summed E-state index contributed by atoms with van der Waals surface area (Å²) in [6.07, 6.45) is 0. The Morgan fingerprint density at radius 2 is 1.83 bits per heavy atom. The monoisotopic (exact) mass is 417 g/mol. The van der Waals surface area contributed by atoms with Crippen LogP contribution in [0.5, 0.6) is 0 Å². The molecule has 8 nitrogen and oxygen atoms in total. The number of amides is 1. The van der Waals surface area contributed by atoms with Crippen molar-refractivity contribution in [1.82, 2.24) is 4.90 Å². The first kappa shape index (κ1) is 20.6. The summed E-state index contributed by atoms with van der Waals surface area (Å²) in [7, 11) is 0. The van der Waals surface area contributed by atoms with Crippen LogP contribution >= 0.6 is 11.6 Å². The van der Waals surface area contributed by atoms with Crippen molar-refractivity contribution in [2.45, 2.75) is 6.92 Å². The minimum Gasteiger partial charge on any atom is -0.462 e. The number of rotatable bonds is 5. The van der Waals surface area contributed by atoms with Crippen molar-refractivity contribution in [3.05, 3.63) is 68.7 Å². The van der Waals surface area contributed by atoms with E-state index in [0.29, 0.717) is 42.5 Å². The van der Waals surface area contributed by atoms with Crippen LogP contribution in [0.15, 0.2) is 42.5 Å². The normalized spacial score (nSPS) is 13.9. The second-order valence-electron chi connectivity index (χ2n) is 6.44. The van der Waals surface area contributed by atoms with Gasteiger partial charge in [0.25, 0.3) is 11.6 Å². The molecule has 1 heterocycles. The third-order valence-corrected chi connectivity index (χ3v) is 5.02. The predicted octanol–water partition coefficient (Wildman–Crippen LogP) is 3.39. The summed E-state index contributed by atoms with van der Waals surface area (Å²) in [5.41, 5.74) is 0.816. The summed E-state index contributed by atoms with van der Waals surface area (Å²) in [6.45, 7) is 3.52. The van der Waals surface area contributed by atoms with Gasteiger partial charge in [-0.3, -0.25) is 14.9 Å². The number of carbonyl (C=O) groups is 2. The highest BCUT2D eigenvalue weighted by Gasteiger charge is 2.28. The Morgan fingerprint density at radius 3 is 2.45 bits per heavy atom. The predicted molar refractivity (Wildman–Crippen MR) is 109 cm³/mol. The fraction of sp³-hybridized carbons (Fsp3) is 0.300. The van der Waals surface area contributed by atoms with Gasteiger partial charge in [0.1, 0.15) is 5.69 Å². The minimum absolute atomic E-state index is 0.134. The molecule has 0 bridgehead atoms. The molecule has 0 atom stereocenters. The van der Waals surface area contributed by atoms with Crippen LogP contribution < -0.4 is 4.90 Å². The largest absolute Gasteiger partial charge is 0.462 e. The van der Waals surface area contributed by atoms with E-state index in [1.807, 2.05) is 4.90 Å². The Morgan fingerprint density at radius 1 is 1.14 bits per heavy atom. The number of benzene rings is 2. The molecule has 2 aromatic rings. The molecule has 0 spiro atoms. The lowest BCUT2D eigenvalue weighted by Gasteiger charge is -2.36. The molecule has 29 heavy (non-hydrogen) atoms. The third kappa shape index (κ3) is 4.48. The Labute approximate surface area is 172 Å². The minimum atomic E-state index is -0.600. The van der Waals surface area contributed by atoms with Gasteiger partial charge in [-0.05, 0) is 31.2 Å². The van der Waals surface area contributed by atoms with Gasteiger partial charge in [-0.15, -0.1) is 0 Å². The van der Waals surface area contributed by atoms with E-state index < -0.39 is 10.9 Å². The van der Waals surface area contributed by atoms with Crippen molar-refractivity contribution in [2.75, 3.05) is 37.7 Å². The zero-order chi connectivity index (χ0) is 21.0. The molecule has 3 rings (SSSR count). The summed E-state index contributed by atoms with van der Waals surface area (Å²) in [4.78, 5) is 39.1. The molecule has 0 saturated carbocycles. The van der Waals surface area contributed by atoms with Crippen LogP contribution in [0.3, 0.4) is 0 Å². The molecule has 152 valence electrons. The van der Waals surface area contributed by atoms with Gasteiger partial charge in [-0.25, -0.2) is 4.79 Å². The van der Waals surface area contributed by atoms with Gasteiger partial charge in [0.2, 0.25) is 0 Å². The van der Waals surface area contributed by atoms with E-state index in [0.717, 1.165) is 0 Å². The maximum Gasteiger partial charge on any atom is 0.338 e. The van der Waals surface area contributed by atoms with Gasteiger partial charge in [-0.1, -0.05) is 23.7 Å². The van der Waals surface area contributed by atoms with Crippen molar-refractivity contribution < 1.29 is 19.2 Å². The van der Waals surface area contributed by atoms with E-state index in [-0.39, 0.29) is 23.8 Å². The Balaban J connectivity index is 1.75. The van der Waals surface area contributed by atoms with Gasteiger partial charge >= 0.3 is 5.97 Å². The van der Waals surface area contributed by atoms with Crippen LogP contribution in [0.1, 0.15) is 27.6 Å². The summed E-state index contributed by atoms with van der Waals surface area (Å²) >= 11 is 6.11. The highest BCUT2D eigenvalue weighted by Crippen LogP contribution is 2.30. The molecule has 1 aliphatic heterocycles. The summed E-state index contributed by atoms with van der Waals surface area (Å²) in [5.74, 6) is -0.764. The molecule has 0 unspecified atom stereocenters. The van der Waals surface area contributed by atoms with E-state index in [2.05, 4.69) is 0 Å². The van der Waals surface area contributed by atoms with Crippen molar-refractivity contribution >= 4 is 34.9 Å². The smallest absolute Gasteiger partial charge is 0.338 e. The van der Waals surface area contributed by atoms with Gasteiger partial charge in [0.15, 0.2) is 0 Å². The molecule has 1 fully saturated rings. The third-order valence-electron chi connectivity index (χ3n) is 4.70. The lowest BCUT2D eigenvalue weighted by molar-refractivity contribution is -0.384. The number of hydrogen-bond donors (Lipinski definition) is 0. The number of nitrogens with zero attached hydrogens (tertiary/aromatic N) is 3. The Bertz CT molecular complexity index is 941. The van der Waals surface area contributed by atoms with Crippen molar-refractivity contribution in [3.8, 4) is 0 Å². The number of ether oxygens (including phenoxy) is 1. The number of piperazine rings is 1. The van der Waals surface area contributed by atoms with Gasteiger partial charge in [-0.2, -0.15) is 0 Å². The second kappa shape index (κ2) is 8.91. The van der Waals surface area contributed by atoms with E-state index in [4.69, 9.17) is 16.3 Å². The molecule has 1 amide bonds. The Hall–Kier alpha value is -3.13. The van der Waals surface area contributed by atoms with Crippen LogP contribution in [0.2, 0.25) is 5.02 Å². The standard InChI is InChI=1S/C20H20ClN3O5/c1-2-29-20(26)14-7-8-17(18(13-14)24(27)28)22-9-11-23(12-10-22)19(25)15-5-3-4-6-16(15)21/h3-8,13H,2,9-12H2,1H3. The first-order valence-electron chi connectivity index (χ1n) is 9.16. The summed E-state index contributed by atoms with van der Waals surface area (Å²) in [6, 6.07) is 11.2. The fourth-order valence-corrected chi connectivity index (χ4v) is 3.45. The van der Waals surface area contributed by atoms with Gasteiger partial charge in [0, 0.05) is 32.2 Å². The van der Waals surface area contributed by atoms with Crippen LogP contribution in [0, 0.1) is 10.1 Å². The van der Waals surface area contributed by atoms with Gasteiger partial charge in [0.05, 0.1) is 27.7 Å². The molecule has 0 radical (unpaired) electrons. The molecule has 2 aromatic carbocycles. The van der Waals surface area contributed by atoms with Crippen molar-refractivity contribution in [2.24, 2.45) is 0 Å². The van der Waals surface area contributed by atoms with Gasteiger partial charge < -0.3 is 14.5 Å². The molecule has 1 aliphatic rings. The van der Waals surface area contributed by atoms with E-state index in [9.17, 15) is 19.7 Å². The highest BCUT2D eigenvalue weighted by atomic mass is 35.5. The number of carbonyl (C=O) groups excluding carboxylic acids is 2. The first-order chi connectivity index (χ1) is 13.9. The van der Waals surface area contributed by atoms with Crippen LogP contribution in [-0.2, 0) is 4.74 Å². The summed E-state index contributed by atoms with van der Waals surface area (Å²) in [5, 5.41) is 11.9. The van der Waals surface area contributed by atoms with Crippen LogP contribution in [-0.4, -0.2) is 54.5 Å². The molecule has 1 saturated heterocycles. The molecular weight excluding hydrogens is 398 g/mol. The lowest BCUT2D eigenvalue weighted by Crippen LogP contribution is -2.49. The van der Waals surface area contributed by atoms with E-state index in [1.54, 1.807) is 42.2 Å². The van der Waals surface area contributed by atoms with Crippen LogP contribution in [0.4, 0.5) is 11.4 Å². The maximum absolute atomic E-state index is 12.7. The quantitative estimate of drug-likeness (QED) is 0.420. The number of esters is 1. The lowest BCUT2D eigenvalue weighted by atomic mass is 10.1. The van der Waals surface area contributed by atoms with E-state index >= 15 is 0 Å². The highest BCUT2D eigenvalue weighted by molar-refractivity contribution is 6.33. The number of hydrogen-bond acceptors (Lipinski definition) is 6. The zero-order valence-electron chi connectivity index (χ0n) is 15.8. The van der Waals surface area contributed by atoms with E-state index in [1.165, 1.54) is 12.1 Å². The van der Waals surface area contributed by atoms with Crippen LogP contribution in [0.25, 0.3) is 0 Å². The number of nitro benzene ring substituents is 1. The molecule has 0 aromatic heterocycles. The zero-order valence-corrected chi connectivity index (χ0v) is 16.6. The second-order valence-corrected chi connectivity index (χ2v) is 6.85. The number of nitro groups is 1.